The van der Waals surface area contributed by atoms with Gasteiger partial charge in [0.1, 0.15) is 11.8 Å². The first kappa shape index (κ1) is 14.0. The molecule has 0 aliphatic rings. The first-order chi connectivity index (χ1) is 7.52. The van der Waals surface area contributed by atoms with E-state index in [0.717, 1.165) is 0 Å². The van der Waals surface area contributed by atoms with Crippen molar-refractivity contribution in [1.82, 2.24) is 0 Å². The third-order valence-electron chi connectivity index (χ3n) is 1.68. The normalized spacial score (nSPS) is 11.2. The molecular weight excluding hydrogens is 214 g/mol. The number of aliphatic hydroxyl groups excluding tert-OH is 1. The fourth-order valence-corrected chi connectivity index (χ4v) is 0.963. The molecule has 0 aromatic carbocycles. The lowest BCUT2D eigenvalue weighted by Crippen LogP contribution is -2.09. The van der Waals surface area contributed by atoms with Gasteiger partial charge in [0, 0.05) is 12.8 Å². The summed E-state index contributed by atoms with van der Waals surface area (Å²) in [7, 11) is 0. The highest BCUT2D eigenvalue weighted by Gasteiger charge is 2.16. The van der Waals surface area contributed by atoms with Crippen LogP contribution in [-0.2, 0) is 14.3 Å². The van der Waals surface area contributed by atoms with E-state index in [1.54, 1.807) is 6.92 Å². The van der Waals surface area contributed by atoms with Crippen LogP contribution in [0.25, 0.3) is 0 Å². The molecule has 0 aromatic rings. The number of carboxylic acids is 1. The molecule has 2 N–H and O–H groups in total. The number of esters is 1. The van der Waals surface area contributed by atoms with E-state index < -0.39 is 23.3 Å². The number of rotatable bonds is 6. The van der Waals surface area contributed by atoms with Crippen molar-refractivity contribution in [2.45, 2.75) is 26.2 Å². The average Bonchev–Trinajstić information content (AvgIpc) is 2.18. The number of carbonyl (C=O) groups is 2. The van der Waals surface area contributed by atoms with E-state index in [1.165, 1.54) is 6.07 Å². The lowest BCUT2D eigenvalue weighted by molar-refractivity contribution is -0.138. The highest BCUT2D eigenvalue weighted by atomic mass is 16.5. The summed E-state index contributed by atoms with van der Waals surface area (Å²) in [5.41, 5.74) is -0.466. The summed E-state index contributed by atoms with van der Waals surface area (Å²) >= 11 is 0. The van der Waals surface area contributed by atoms with Crippen LogP contribution in [0.5, 0.6) is 0 Å². The second kappa shape index (κ2) is 7.29. The SMILES string of the molecule is CCOC(=O)/C(C#N)=C(\O)CCCC(=O)O. The Labute approximate surface area is 92.8 Å². The summed E-state index contributed by atoms with van der Waals surface area (Å²) in [6.45, 7) is 1.68. The Morgan fingerprint density at radius 3 is 2.38 bits per heavy atom. The summed E-state index contributed by atoms with van der Waals surface area (Å²) in [6, 6.07) is 1.53. The summed E-state index contributed by atoms with van der Waals surface area (Å²) in [6.07, 6.45) is -0.00858. The van der Waals surface area contributed by atoms with Crippen LogP contribution < -0.4 is 0 Å². The van der Waals surface area contributed by atoms with Crippen molar-refractivity contribution >= 4 is 11.9 Å². The van der Waals surface area contributed by atoms with Gasteiger partial charge in [-0.2, -0.15) is 5.26 Å². The quantitative estimate of drug-likeness (QED) is 0.305. The molecule has 16 heavy (non-hydrogen) atoms. The minimum atomic E-state index is -0.998. The van der Waals surface area contributed by atoms with E-state index in [-0.39, 0.29) is 25.9 Å². The first-order valence-corrected chi connectivity index (χ1v) is 4.74. The summed E-state index contributed by atoms with van der Waals surface area (Å²) in [5.74, 6) is -2.32. The standard InChI is InChI=1S/C10H13NO5/c1-2-16-10(15)7(6-11)8(12)4-3-5-9(13)14/h12H,2-5H2,1H3,(H,13,14)/b8-7-. The molecular formula is C10H13NO5. The van der Waals surface area contributed by atoms with Gasteiger partial charge >= 0.3 is 11.9 Å². The summed E-state index contributed by atoms with van der Waals surface area (Å²) in [5, 5.41) is 26.4. The molecule has 0 spiro atoms. The molecule has 0 rings (SSSR count). The summed E-state index contributed by atoms with van der Waals surface area (Å²) in [4.78, 5) is 21.3. The van der Waals surface area contributed by atoms with Crippen molar-refractivity contribution in [1.29, 1.82) is 5.26 Å². The molecule has 0 fully saturated rings. The molecule has 0 saturated heterocycles. The number of nitrogens with zero attached hydrogens (tertiary/aromatic N) is 1. The largest absolute Gasteiger partial charge is 0.511 e. The van der Waals surface area contributed by atoms with Crippen molar-refractivity contribution in [2.75, 3.05) is 6.61 Å². The minimum Gasteiger partial charge on any atom is -0.511 e. The predicted octanol–water partition coefficient (Wildman–Crippen LogP) is 1.14. The number of allylic oxidation sites excluding steroid dienone is 1. The van der Waals surface area contributed by atoms with Crippen LogP contribution in [0.3, 0.4) is 0 Å². The van der Waals surface area contributed by atoms with Crippen molar-refractivity contribution in [2.24, 2.45) is 0 Å². The molecule has 0 saturated carbocycles. The molecule has 88 valence electrons. The molecule has 0 bridgehead atoms. The second-order valence-electron chi connectivity index (χ2n) is 2.90. The van der Waals surface area contributed by atoms with Crippen LogP contribution in [0, 0.1) is 11.3 Å². The number of hydrogen-bond acceptors (Lipinski definition) is 5. The van der Waals surface area contributed by atoms with E-state index in [0.29, 0.717) is 0 Å². The van der Waals surface area contributed by atoms with E-state index in [1.807, 2.05) is 0 Å². The van der Waals surface area contributed by atoms with Gasteiger partial charge < -0.3 is 14.9 Å². The van der Waals surface area contributed by atoms with Gasteiger partial charge in [-0.15, -0.1) is 0 Å². The maximum Gasteiger partial charge on any atom is 0.352 e. The Morgan fingerprint density at radius 1 is 1.31 bits per heavy atom. The van der Waals surface area contributed by atoms with Crippen LogP contribution in [0.15, 0.2) is 11.3 Å². The highest BCUT2D eigenvalue weighted by Crippen LogP contribution is 2.11. The molecule has 0 unspecified atom stereocenters. The highest BCUT2D eigenvalue weighted by molar-refractivity contribution is 5.93. The third-order valence-corrected chi connectivity index (χ3v) is 1.68. The fraction of sp³-hybridized carbons (Fsp3) is 0.500. The number of hydrogen-bond donors (Lipinski definition) is 2. The zero-order chi connectivity index (χ0) is 12.6. The zero-order valence-electron chi connectivity index (χ0n) is 8.89. The monoisotopic (exact) mass is 227 g/mol. The third kappa shape index (κ3) is 5.00. The number of ether oxygens (including phenoxy) is 1. The second-order valence-corrected chi connectivity index (χ2v) is 2.90. The maximum absolute atomic E-state index is 11.1. The van der Waals surface area contributed by atoms with E-state index >= 15 is 0 Å². The average molecular weight is 227 g/mol. The minimum absolute atomic E-state index is 0.0337. The maximum atomic E-state index is 11.1. The lowest BCUT2D eigenvalue weighted by Gasteiger charge is -2.03. The molecule has 6 nitrogen and oxygen atoms in total. The zero-order valence-corrected chi connectivity index (χ0v) is 8.89. The molecule has 0 aromatic heterocycles. The van der Waals surface area contributed by atoms with Gasteiger partial charge in [-0.05, 0) is 13.3 Å². The van der Waals surface area contributed by atoms with Gasteiger partial charge in [-0.1, -0.05) is 0 Å². The van der Waals surface area contributed by atoms with Crippen LogP contribution in [-0.4, -0.2) is 28.8 Å². The van der Waals surface area contributed by atoms with Crippen molar-refractivity contribution in [3.05, 3.63) is 11.3 Å². The fourth-order valence-electron chi connectivity index (χ4n) is 0.963. The lowest BCUT2D eigenvalue weighted by atomic mass is 10.1. The van der Waals surface area contributed by atoms with E-state index in [2.05, 4.69) is 4.74 Å². The van der Waals surface area contributed by atoms with Crippen LogP contribution in [0.2, 0.25) is 0 Å². The van der Waals surface area contributed by atoms with Gasteiger partial charge in [0.05, 0.1) is 6.61 Å². The molecule has 0 aliphatic heterocycles. The molecule has 0 amide bonds. The Kier molecular flexibility index (Phi) is 6.36. The Bertz CT molecular complexity index is 340. The Hall–Kier alpha value is -2.03. The number of carboxylic acid groups (broad SMARTS) is 1. The van der Waals surface area contributed by atoms with Crippen molar-refractivity contribution in [3.63, 3.8) is 0 Å². The molecule has 0 heterocycles. The van der Waals surface area contributed by atoms with Crippen LogP contribution in [0.4, 0.5) is 0 Å². The predicted molar refractivity (Wildman–Crippen MR) is 53.4 cm³/mol. The van der Waals surface area contributed by atoms with Gasteiger partial charge in [0.2, 0.25) is 0 Å². The summed E-state index contributed by atoms with van der Waals surface area (Å²) < 4.78 is 4.55. The van der Waals surface area contributed by atoms with Gasteiger partial charge in [-0.25, -0.2) is 4.79 Å². The number of aliphatic carboxylic acids is 1. The number of nitriles is 1. The first-order valence-electron chi connectivity index (χ1n) is 4.74. The smallest absolute Gasteiger partial charge is 0.352 e. The number of carbonyl (C=O) groups excluding carboxylic acids is 1. The van der Waals surface area contributed by atoms with Gasteiger partial charge in [-0.3, -0.25) is 4.79 Å². The molecule has 6 heteroatoms. The molecule has 0 aliphatic carbocycles. The Morgan fingerprint density at radius 2 is 1.94 bits per heavy atom. The number of aliphatic hydroxyl groups is 1. The van der Waals surface area contributed by atoms with Crippen LogP contribution in [0.1, 0.15) is 26.2 Å². The van der Waals surface area contributed by atoms with Crippen LogP contribution >= 0.6 is 0 Å². The topological polar surface area (TPSA) is 108 Å². The van der Waals surface area contributed by atoms with E-state index in [9.17, 15) is 14.7 Å². The molecule has 0 atom stereocenters. The van der Waals surface area contributed by atoms with Crippen molar-refractivity contribution < 1.29 is 24.5 Å². The Balaban J connectivity index is 4.45. The van der Waals surface area contributed by atoms with Gasteiger partial charge in [0.25, 0.3) is 0 Å². The molecule has 0 radical (unpaired) electrons. The van der Waals surface area contributed by atoms with Gasteiger partial charge in [0.15, 0.2) is 5.57 Å². The van der Waals surface area contributed by atoms with Crippen molar-refractivity contribution in [3.8, 4) is 6.07 Å². The van der Waals surface area contributed by atoms with E-state index in [4.69, 9.17) is 10.4 Å².